The van der Waals surface area contributed by atoms with Gasteiger partial charge in [0, 0.05) is 5.92 Å². The Kier molecular flexibility index (Phi) is 3.20. The molecule has 0 saturated carbocycles. The number of hydrogen-bond donors (Lipinski definition) is 1. The summed E-state index contributed by atoms with van der Waals surface area (Å²) in [5, 5.41) is 9.69. The number of hydrogen-bond acceptors (Lipinski definition) is 1. The van der Waals surface area contributed by atoms with E-state index in [9.17, 15) is 9.50 Å². The minimum Gasteiger partial charge on any atom is -0.388 e. The zero-order valence-electron chi connectivity index (χ0n) is 7.57. The summed E-state index contributed by atoms with van der Waals surface area (Å²) >= 11 is 0. The van der Waals surface area contributed by atoms with Crippen LogP contribution in [0.1, 0.15) is 18.6 Å². The van der Waals surface area contributed by atoms with Crippen LogP contribution in [0.2, 0.25) is 0 Å². The number of halogens is 1. The summed E-state index contributed by atoms with van der Waals surface area (Å²) in [6, 6.07) is 5.85. The van der Waals surface area contributed by atoms with Crippen LogP contribution in [0.15, 0.2) is 36.9 Å². The van der Waals surface area contributed by atoms with Gasteiger partial charge in [0.1, 0.15) is 5.82 Å². The molecule has 1 aromatic rings. The standard InChI is InChI=1S/C11H13FO/c1-3-8(2)11(13)9-4-6-10(12)7-5-9/h3-8,11,13H,1H2,2H3/t8-,11-/m0/s1. The molecule has 0 aliphatic heterocycles. The van der Waals surface area contributed by atoms with Crippen molar-refractivity contribution in [2.24, 2.45) is 5.92 Å². The molecule has 1 nitrogen and oxygen atoms in total. The van der Waals surface area contributed by atoms with Gasteiger partial charge in [-0.05, 0) is 17.7 Å². The van der Waals surface area contributed by atoms with Crippen LogP contribution >= 0.6 is 0 Å². The second kappa shape index (κ2) is 4.19. The zero-order chi connectivity index (χ0) is 9.84. The van der Waals surface area contributed by atoms with Crippen molar-refractivity contribution in [3.05, 3.63) is 48.3 Å². The van der Waals surface area contributed by atoms with Crippen LogP contribution in [0, 0.1) is 11.7 Å². The molecule has 0 spiro atoms. The lowest BCUT2D eigenvalue weighted by Gasteiger charge is -2.15. The highest BCUT2D eigenvalue weighted by molar-refractivity contribution is 5.19. The third-order valence-electron chi connectivity index (χ3n) is 2.08. The molecule has 13 heavy (non-hydrogen) atoms. The highest BCUT2D eigenvalue weighted by Gasteiger charge is 2.12. The van der Waals surface area contributed by atoms with E-state index in [1.165, 1.54) is 12.1 Å². The fourth-order valence-corrected chi connectivity index (χ4v) is 1.09. The van der Waals surface area contributed by atoms with Gasteiger partial charge in [-0.15, -0.1) is 6.58 Å². The monoisotopic (exact) mass is 180 g/mol. The van der Waals surface area contributed by atoms with Crippen LogP contribution in [-0.2, 0) is 0 Å². The Hall–Kier alpha value is -1.15. The van der Waals surface area contributed by atoms with Gasteiger partial charge in [0.05, 0.1) is 6.10 Å². The number of benzene rings is 1. The summed E-state index contributed by atoms with van der Waals surface area (Å²) in [5.41, 5.74) is 0.716. The lowest BCUT2D eigenvalue weighted by atomic mass is 9.98. The summed E-state index contributed by atoms with van der Waals surface area (Å²) in [4.78, 5) is 0. The van der Waals surface area contributed by atoms with Gasteiger partial charge in [0.2, 0.25) is 0 Å². The van der Waals surface area contributed by atoms with E-state index < -0.39 is 6.10 Å². The van der Waals surface area contributed by atoms with E-state index in [1.807, 2.05) is 6.92 Å². The zero-order valence-corrected chi connectivity index (χ0v) is 7.57. The molecule has 0 aromatic heterocycles. The van der Waals surface area contributed by atoms with Gasteiger partial charge in [-0.25, -0.2) is 4.39 Å². The Labute approximate surface area is 77.5 Å². The summed E-state index contributed by atoms with van der Waals surface area (Å²) in [6.45, 7) is 5.45. The van der Waals surface area contributed by atoms with Crippen LogP contribution in [0.25, 0.3) is 0 Å². The number of aliphatic hydroxyl groups is 1. The molecule has 1 N–H and O–H groups in total. The van der Waals surface area contributed by atoms with Gasteiger partial charge in [-0.2, -0.15) is 0 Å². The van der Waals surface area contributed by atoms with Gasteiger partial charge >= 0.3 is 0 Å². The predicted octanol–water partition coefficient (Wildman–Crippen LogP) is 2.68. The van der Waals surface area contributed by atoms with Crippen LogP contribution in [0.3, 0.4) is 0 Å². The van der Waals surface area contributed by atoms with Gasteiger partial charge in [0.25, 0.3) is 0 Å². The quantitative estimate of drug-likeness (QED) is 0.709. The Bertz CT molecular complexity index is 279. The van der Waals surface area contributed by atoms with Crippen molar-refractivity contribution in [2.75, 3.05) is 0 Å². The van der Waals surface area contributed by atoms with Crippen LogP contribution in [0.5, 0.6) is 0 Å². The van der Waals surface area contributed by atoms with Crippen molar-refractivity contribution in [1.82, 2.24) is 0 Å². The molecule has 0 heterocycles. The summed E-state index contributed by atoms with van der Waals surface area (Å²) in [5.74, 6) is -0.312. The van der Waals surface area contributed by atoms with Crippen molar-refractivity contribution in [2.45, 2.75) is 13.0 Å². The van der Waals surface area contributed by atoms with E-state index in [4.69, 9.17) is 0 Å². The Morgan fingerprint density at radius 3 is 2.38 bits per heavy atom. The molecule has 2 heteroatoms. The average Bonchev–Trinajstić information content (AvgIpc) is 2.17. The second-order valence-electron chi connectivity index (χ2n) is 3.09. The summed E-state index contributed by atoms with van der Waals surface area (Å²) in [6.07, 6.45) is 1.08. The SMILES string of the molecule is C=C[C@H](C)[C@H](O)c1ccc(F)cc1. The van der Waals surface area contributed by atoms with Gasteiger partial charge in [0.15, 0.2) is 0 Å². The van der Waals surface area contributed by atoms with Gasteiger partial charge in [-0.3, -0.25) is 0 Å². The molecular formula is C11H13FO. The topological polar surface area (TPSA) is 20.2 Å². The molecule has 1 rings (SSSR count). The van der Waals surface area contributed by atoms with Crippen LogP contribution in [0.4, 0.5) is 4.39 Å². The molecule has 0 aliphatic rings. The number of aliphatic hydroxyl groups excluding tert-OH is 1. The van der Waals surface area contributed by atoms with E-state index >= 15 is 0 Å². The van der Waals surface area contributed by atoms with Crippen LogP contribution < -0.4 is 0 Å². The molecule has 0 aliphatic carbocycles. The average molecular weight is 180 g/mol. The van der Waals surface area contributed by atoms with Gasteiger partial charge in [-0.1, -0.05) is 25.1 Å². The summed E-state index contributed by atoms with van der Waals surface area (Å²) in [7, 11) is 0. The highest BCUT2D eigenvalue weighted by atomic mass is 19.1. The fraction of sp³-hybridized carbons (Fsp3) is 0.273. The molecule has 70 valence electrons. The smallest absolute Gasteiger partial charge is 0.123 e. The maximum absolute atomic E-state index is 12.5. The van der Waals surface area contributed by atoms with E-state index in [0.29, 0.717) is 5.56 Å². The Morgan fingerprint density at radius 2 is 1.92 bits per heavy atom. The van der Waals surface area contributed by atoms with Crippen molar-refractivity contribution in [3.8, 4) is 0 Å². The van der Waals surface area contributed by atoms with Crippen molar-refractivity contribution >= 4 is 0 Å². The minimum absolute atomic E-state index is 0.0227. The maximum Gasteiger partial charge on any atom is 0.123 e. The minimum atomic E-state index is -0.599. The highest BCUT2D eigenvalue weighted by Crippen LogP contribution is 2.22. The molecule has 0 saturated heterocycles. The van der Waals surface area contributed by atoms with Crippen molar-refractivity contribution in [1.29, 1.82) is 0 Å². The molecule has 1 aromatic carbocycles. The third-order valence-corrected chi connectivity index (χ3v) is 2.08. The van der Waals surface area contributed by atoms with E-state index in [1.54, 1.807) is 18.2 Å². The maximum atomic E-state index is 12.5. The third kappa shape index (κ3) is 2.39. The predicted molar refractivity (Wildman–Crippen MR) is 50.7 cm³/mol. The fourth-order valence-electron chi connectivity index (χ4n) is 1.09. The van der Waals surface area contributed by atoms with E-state index in [2.05, 4.69) is 6.58 Å². The lowest BCUT2D eigenvalue weighted by Crippen LogP contribution is -2.06. The molecule has 0 unspecified atom stereocenters. The molecule has 0 fully saturated rings. The summed E-state index contributed by atoms with van der Waals surface area (Å²) < 4.78 is 12.5. The van der Waals surface area contributed by atoms with Crippen molar-refractivity contribution < 1.29 is 9.50 Å². The van der Waals surface area contributed by atoms with Crippen LogP contribution in [-0.4, -0.2) is 5.11 Å². The molecule has 0 radical (unpaired) electrons. The second-order valence-corrected chi connectivity index (χ2v) is 3.09. The van der Waals surface area contributed by atoms with E-state index in [0.717, 1.165) is 0 Å². The molecule has 2 atom stereocenters. The molecule has 0 amide bonds. The number of rotatable bonds is 3. The van der Waals surface area contributed by atoms with Crippen molar-refractivity contribution in [3.63, 3.8) is 0 Å². The normalized spacial score (nSPS) is 15.0. The molecular weight excluding hydrogens is 167 g/mol. The Balaban J connectivity index is 2.82. The first-order valence-corrected chi connectivity index (χ1v) is 4.21. The largest absolute Gasteiger partial charge is 0.388 e. The van der Waals surface area contributed by atoms with E-state index in [-0.39, 0.29) is 11.7 Å². The first-order chi connectivity index (χ1) is 6.15. The van der Waals surface area contributed by atoms with Gasteiger partial charge < -0.3 is 5.11 Å². The first kappa shape index (κ1) is 9.93. The first-order valence-electron chi connectivity index (χ1n) is 4.21. The lowest BCUT2D eigenvalue weighted by molar-refractivity contribution is 0.140. The molecule has 0 bridgehead atoms. The Morgan fingerprint density at radius 1 is 1.38 bits per heavy atom.